The third kappa shape index (κ3) is 2.22. The number of hydrogen-bond acceptors (Lipinski definition) is 3. The summed E-state index contributed by atoms with van der Waals surface area (Å²) in [5.74, 6) is 2.00. The number of nitrogens with one attached hydrogen (secondary N) is 2. The lowest BCUT2D eigenvalue weighted by molar-refractivity contribution is 0.0219. The van der Waals surface area contributed by atoms with Gasteiger partial charge < -0.3 is 15.0 Å². The van der Waals surface area contributed by atoms with Crippen LogP contribution < -0.4 is 10.9 Å². The Morgan fingerprint density at radius 3 is 2.71 bits per heavy atom. The second-order valence-electron chi connectivity index (χ2n) is 6.28. The van der Waals surface area contributed by atoms with Gasteiger partial charge in [-0.15, -0.1) is 0 Å². The lowest BCUT2D eigenvalue weighted by atomic mass is 9.82. The lowest BCUT2D eigenvalue weighted by Gasteiger charge is -2.23. The number of rotatable bonds is 3. The third-order valence-electron chi connectivity index (χ3n) is 5.22. The Morgan fingerprint density at radius 2 is 2.10 bits per heavy atom. The highest BCUT2D eigenvalue weighted by atomic mass is 16.5. The molecule has 3 rings (SSSR count). The fourth-order valence-corrected chi connectivity index (χ4v) is 3.73. The van der Waals surface area contributed by atoms with E-state index in [0.29, 0.717) is 17.9 Å². The van der Waals surface area contributed by atoms with Gasteiger partial charge in [0.05, 0.1) is 12.2 Å². The molecule has 5 unspecified atom stereocenters. The van der Waals surface area contributed by atoms with E-state index in [2.05, 4.69) is 37.1 Å². The van der Waals surface area contributed by atoms with Gasteiger partial charge in [0.25, 0.3) is 5.56 Å². The Morgan fingerprint density at radius 1 is 1.33 bits per heavy atom. The summed E-state index contributed by atoms with van der Waals surface area (Å²) in [5, 5.41) is 3.02. The molecule has 0 spiro atoms. The molecule has 0 radical (unpaired) electrons. The fraction of sp³-hybridized carbons (Fsp3) is 0.588. The van der Waals surface area contributed by atoms with Crippen LogP contribution in [0.1, 0.15) is 44.2 Å². The minimum absolute atomic E-state index is 0.0265. The van der Waals surface area contributed by atoms with Gasteiger partial charge in [-0.2, -0.15) is 0 Å². The van der Waals surface area contributed by atoms with Crippen LogP contribution >= 0.6 is 0 Å². The summed E-state index contributed by atoms with van der Waals surface area (Å²) in [4.78, 5) is 15.0. The molecule has 4 nitrogen and oxygen atoms in total. The first-order valence-electron chi connectivity index (χ1n) is 7.85. The van der Waals surface area contributed by atoms with E-state index in [0.717, 1.165) is 23.4 Å². The Labute approximate surface area is 125 Å². The Balaban J connectivity index is 1.96. The molecule has 1 aliphatic heterocycles. The highest BCUT2D eigenvalue weighted by Crippen LogP contribution is 2.44. The summed E-state index contributed by atoms with van der Waals surface area (Å²) in [5.41, 5.74) is 1.84. The van der Waals surface area contributed by atoms with Crippen LogP contribution in [0.15, 0.2) is 16.9 Å². The highest BCUT2D eigenvalue weighted by molar-refractivity contribution is 5.64. The van der Waals surface area contributed by atoms with Gasteiger partial charge in [-0.05, 0) is 29.9 Å². The maximum absolute atomic E-state index is 12.1. The highest BCUT2D eigenvalue weighted by Gasteiger charge is 2.43. The summed E-state index contributed by atoms with van der Waals surface area (Å²) < 4.78 is 6.31. The second kappa shape index (κ2) is 5.34. The number of ether oxygens (including phenoxy) is 1. The maximum atomic E-state index is 12.1. The van der Waals surface area contributed by atoms with E-state index in [4.69, 9.17) is 4.74 Å². The molecule has 0 amide bonds. The normalized spacial score (nSPS) is 34.2. The van der Waals surface area contributed by atoms with Crippen LogP contribution in [-0.2, 0) is 4.74 Å². The van der Waals surface area contributed by atoms with Gasteiger partial charge in [0.1, 0.15) is 5.82 Å². The number of anilines is 1. The summed E-state index contributed by atoms with van der Waals surface area (Å²) in [7, 11) is 1.82. The summed E-state index contributed by atoms with van der Waals surface area (Å²) in [6, 6.07) is 2.04. The van der Waals surface area contributed by atoms with Crippen molar-refractivity contribution in [3.8, 4) is 0 Å². The summed E-state index contributed by atoms with van der Waals surface area (Å²) in [6.45, 7) is 6.72. The van der Waals surface area contributed by atoms with Gasteiger partial charge >= 0.3 is 0 Å². The maximum Gasteiger partial charge on any atom is 0.257 e. The zero-order valence-corrected chi connectivity index (χ0v) is 13.1. The average molecular weight is 288 g/mol. The van der Waals surface area contributed by atoms with Gasteiger partial charge in [0.15, 0.2) is 0 Å². The van der Waals surface area contributed by atoms with Gasteiger partial charge in [0, 0.05) is 18.5 Å². The van der Waals surface area contributed by atoms with E-state index in [9.17, 15) is 4.79 Å². The van der Waals surface area contributed by atoms with Crippen molar-refractivity contribution >= 4 is 11.9 Å². The Kier molecular flexibility index (Phi) is 3.66. The van der Waals surface area contributed by atoms with Crippen molar-refractivity contribution in [3.05, 3.63) is 33.6 Å². The average Bonchev–Trinajstić information content (AvgIpc) is 3.02. The molecule has 2 N–H and O–H groups in total. The van der Waals surface area contributed by atoms with Crippen molar-refractivity contribution < 1.29 is 4.74 Å². The molecule has 2 aliphatic rings. The van der Waals surface area contributed by atoms with Crippen LogP contribution in [-0.4, -0.2) is 24.2 Å². The molecule has 1 saturated heterocycles. The van der Waals surface area contributed by atoms with Gasteiger partial charge in [0.2, 0.25) is 0 Å². The molecule has 5 atom stereocenters. The van der Waals surface area contributed by atoms with Gasteiger partial charge in [-0.1, -0.05) is 32.9 Å². The van der Waals surface area contributed by atoms with Gasteiger partial charge in [-0.25, -0.2) is 0 Å². The number of aromatic amines is 1. The molecule has 0 saturated carbocycles. The van der Waals surface area contributed by atoms with Gasteiger partial charge in [-0.3, -0.25) is 4.79 Å². The standard InChI is InChI=1S/C17H24N2O2/c1-5-14-9(2)10(3)16(21-14)11-6-7-12-13(11)8-15(18-4)19-17(12)20/h6-11,14,16H,5H2,1-4H3,(H2,18,19,20). The summed E-state index contributed by atoms with van der Waals surface area (Å²) >= 11 is 0. The molecule has 4 heteroatoms. The van der Waals surface area contributed by atoms with Crippen molar-refractivity contribution in [1.29, 1.82) is 0 Å². The fourth-order valence-electron chi connectivity index (χ4n) is 3.73. The number of fused-ring (bicyclic) bond motifs is 1. The van der Waals surface area contributed by atoms with E-state index < -0.39 is 0 Å². The third-order valence-corrected chi connectivity index (χ3v) is 5.22. The van der Waals surface area contributed by atoms with Crippen molar-refractivity contribution in [3.63, 3.8) is 0 Å². The first-order valence-corrected chi connectivity index (χ1v) is 7.85. The van der Waals surface area contributed by atoms with Crippen LogP contribution in [0, 0.1) is 11.8 Å². The van der Waals surface area contributed by atoms with E-state index in [1.807, 2.05) is 19.2 Å². The quantitative estimate of drug-likeness (QED) is 0.899. The number of aromatic nitrogens is 1. The van der Waals surface area contributed by atoms with Crippen molar-refractivity contribution in [1.82, 2.24) is 4.98 Å². The monoisotopic (exact) mass is 288 g/mol. The smallest absolute Gasteiger partial charge is 0.257 e. The molecular weight excluding hydrogens is 264 g/mol. The Bertz CT molecular complexity index is 620. The molecule has 0 bridgehead atoms. The van der Waals surface area contributed by atoms with Crippen LogP contribution in [0.2, 0.25) is 0 Å². The molecule has 21 heavy (non-hydrogen) atoms. The predicted molar refractivity (Wildman–Crippen MR) is 85.7 cm³/mol. The number of H-pyrrole nitrogens is 1. The van der Waals surface area contributed by atoms with Crippen LogP contribution in [0.3, 0.4) is 0 Å². The molecule has 1 fully saturated rings. The molecule has 1 aromatic rings. The van der Waals surface area contributed by atoms with Crippen LogP contribution in [0.4, 0.5) is 5.82 Å². The largest absolute Gasteiger partial charge is 0.375 e. The Hall–Kier alpha value is -1.55. The SMILES string of the molecule is CCC1OC(C2C=Cc3c2cc(NC)[nH]c3=O)C(C)C1C. The topological polar surface area (TPSA) is 54.1 Å². The second-order valence-corrected chi connectivity index (χ2v) is 6.28. The first kappa shape index (κ1) is 14.4. The molecule has 1 aliphatic carbocycles. The van der Waals surface area contributed by atoms with E-state index in [1.54, 1.807) is 0 Å². The van der Waals surface area contributed by atoms with Crippen LogP contribution in [0.5, 0.6) is 0 Å². The minimum atomic E-state index is -0.0265. The van der Waals surface area contributed by atoms with Crippen molar-refractivity contribution in [2.24, 2.45) is 11.8 Å². The molecular formula is C17H24N2O2. The zero-order chi connectivity index (χ0) is 15.1. The van der Waals surface area contributed by atoms with Crippen molar-refractivity contribution in [2.45, 2.75) is 45.3 Å². The van der Waals surface area contributed by atoms with E-state index in [-0.39, 0.29) is 17.6 Å². The summed E-state index contributed by atoms with van der Waals surface area (Å²) in [6.07, 6.45) is 5.61. The molecule has 1 aromatic heterocycles. The van der Waals surface area contributed by atoms with E-state index >= 15 is 0 Å². The zero-order valence-electron chi connectivity index (χ0n) is 13.1. The van der Waals surface area contributed by atoms with Crippen LogP contribution in [0.25, 0.3) is 6.08 Å². The van der Waals surface area contributed by atoms with Crippen molar-refractivity contribution in [2.75, 3.05) is 12.4 Å². The molecule has 0 aromatic carbocycles. The number of pyridine rings is 1. The molecule has 114 valence electrons. The minimum Gasteiger partial charge on any atom is -0.375 e. The lowest BCUT2D eigenvalue weighted by Crippen LogP contribution is -2.24. The van der Waals surface area contributed by atoms with E-state index in [1.165, 1.54) is 0 Å². The number of hydrogen-bond donors (Lipinski definition) is 2. The predicted octanol–water partition coefficient (Wildman–Crippen LogP) is 2.98. The first-order chi connectivity index (χ1) is 10.1. The molecule has 2 heterocycles.